The Morgan fingerprint density at radius 1 is 1.18 bits per heavy atom. The monoisotopic (exact) mass is 516 g/mol. The minimum atomic E-state index is 0. The van der Waals surface area contributed by atoms with Crippen molar-refractivity contribution in [2.75, 3.05) is 39.1 Å². The summed E-state index contributed by atoms with van der Waals surface area (Å²) in [5.41, 5.74) is 2.32. The number of benzene rings is 1. The Bertz CT molecular complexity index is 704. The fourth-order valence-corrected chi connectivity index (χ4v) is 3.25. The van der Waals surface area contributed by atoms with Crippen LogP contribution in [0.3, 0.4) is 0 Å². The minimum absolute atomic E-state index is 0. The largest absolute Gasteiger partial charge is 0.357 e. The first kappa shape index (κ1) is 24.6. The average Bonchev–Trinajstić information content (AvgIpc) is 3.14. The zero-order valence-corrected chi connectivity index (χ0v) is 20.6. The van der Waals surface area contributed by atoms with Gasteiger partial charge in [0.1, 0.15) is 0 Å². The van der Waals surface area contributed by atoms with Crippen LogP contribution in [0.1, 0.15) is 25.1 Å². The number of anilines is 1. The zero-order valence-electron chi connectivity index (χ0n) is 17.5. The lowest BCUT2D eigenvalue weighted by Crippen LogP contribution is -2.44. The van der Waals surface area contributed by atoms with E-state index in [1.165, 1.54) is 5.56 Å². The number of hydrogen-bond acceptors (Lipinski definition) is 5. The van der Waals surface area contributed by atoms with Gasteiger partial charge in [-0.1, -0.05) is 30.3 Å². The molecule has 1 unspecified atom stereocenters. The lowest BCUT2D eigenvalue weighted by atomic mass is 10.2. The third-order valence-corrected chi connectivity index (χ3v) is 5.31. The molecule has 28 heavy (non-hydrogen) atoms. The Morgan fingerprint density at radius 3 is 2.50 bits per heavy atom. The van der Waals surface area contributed by atoms with Crippen molar-refractivity contribution in [1.82, 2.24) is 20.5 Å². The van der Waals surface area contributed by atoms with Gasteiger partial charge in [-0.3, -0.25) is 4.90 Å². The molecular formula is C20H33IN6S. The fraction of sp³-hybridized carbons (Fsp3) is 0.500. The molecule has 0 fully saturated rings. The Labute approximate surface area is 190 Å². The van der Waals surface area contributed by atoms with E-state index in [0.29, 0.717) is 12.6 Å². The molecule has 2 N–H and O–H groups in total. The second-order valence-electron chi connectivity index (χ2n) is 6.84. The number of halogens is 1. The van der Waals surface area contributed by atoms with Gasteiger partial charge in [-0.25, -0.2) is 9.98 Å². The number of nitrogens with zero attached hydrogens (tertiary/aromatic N) is 4. The van der Waals surface area contributed by atoms with E-state index in [0.717, 1.165) is 36.4 Å². The molecule has 0 aliphatic carbocycles. The van der Waals surface area contributed by atoms with Crippen LogP contribution in [-0.4, -0.2) is 56.1 Å². The minimum Gasteiger partial charge on any atom is -0.357 e. The summed E-state index contributed by atoms with van der Waals surface area (Å²) in [5, 5.41) is 9.84. The third-order valence-electron chi connectivity index (χ3n) is 4.26. The molecule has 0 aliphatic rings. The maximum Gasteiger partial charge on any atom is 0.191 e. The lowest BCUT2D eigenvalue weighted by molar-refractivity contribution is 0.249. The highest BCUT2D eigenvalue weighted by Crippen LogP contribution is 2.18. The normalized spacial score (nSPS) is 12.4. The van der Waals surface area contributed by atoms with Crippen LogP contribution in [0.15, 0.2) is 40.7 Å². The van der Waals surface area contributed by atoms with E-state index in [4.69, 9.17) is 0 Å². The van der Waals surface area contributed by atoms with E-state index < -0.39 is 0 Å². The van der Waals surface area contributed by atoms with E-state index >= 15 is 0 Å². The molecule has 1 aromatic heterocycles. The number of hydrogen-bond donors (Lipinski definition) is 2. The summed E-state index contributed by atoms with van der Waals surface area (Å²) in [6.45, 7) is 7.48. The van der Waals surface area contributed by atoms with Gasteiger partial charge < -0.3 is 15.5 Å². The van der Waals surface area contributed by atoms with Crippen LogP contribution in [0, 0.1) is 0 Å². The summed E-state index contributed by atoms with van der Waals surface area (Å²) in [5.74, 6) is 0.830. The topological polar surface area (TPSA) is 55.8 Å². The Morgan fingerprint density at radius 2 is 1.89 bits per heavy atom. The Kier molecular flexibility index (Phi) is 11.4. The second kappa shape index (κ2) is 12.9. The highest BCUT2D eigenvalue weighted by Gasteiger charge is 2.10. The number of nitrogens with one attached hydrogen (secondary N) is 2. The van der Waals surface area contributed by atoms with Gasteiger partial charge in [0.15, 0.2) is 11.1 Å². The van der Waals surface area contributed by atoms with Crippen LogP contribution in [0.2, 0.25) is 0 Å². The molecule has 0 aliphatic heterocycles. The molecule has 156 valence electrons. The van der Waals surface area contributed by atoms with Crippen LogP contribution in [0.25, 0.3) is 0 Å². The molecule has 2 aromatic rings. The smallest absolute Gasteiger partial charge is 0.191 e. The van der Waals surface area contributed by atoms with Gasteiger partial charge >= 0.3 is 0 Å². The predicted molar refractivity (Wildman–Crippen MR) is 132 cm³/mol. The fourth-order valence-electron chi connectivity index (χ4n) is 2.50. The summed E-state index contributed by atoms with van der Waals surface area (Å²) in [6.07, 6.45) is 0. The van der Waals surface area contributed by atoms with Gasteiger partial charge in [0, 0.05) is 45.2 Å². The molecule has 6 nitrogen and oxygen atoms in total. The Balaban J connectivity index is 0.00000392. The number of aliphatic imine (C=N–C) groups is 1. The maximum absolute atomic E-state index is 4.67. The number of guanidine groups is 1. The van der Waals surface area contributed by atoms with E-state index in [-0.39, 0.29) is 24.0 Å². The molecule has 0 saturated heterocycles. The van der Waals surface area contributed by atoms with Crippen molar-refractivity contribution in [3.63, 3.8) is 0 Å². The zero-order chi connectivity index (χ0) is 19.6. The quantitative estimate of drug-likeness (QED) is 0.304. The van der Waals surface area contributed by atoms with Gasteiger partial charge in [0.25, 0.3) is 0 Å². The van der Waals surface area contributed by atoms with Gasteiger partial charge in [0.05, 0.1) is 12.2 Å². The maximum atomic E-state index is 4.67. The average molecular weight is 516 g/mol. The summed E-state index contributed by atoms with van der Waals surface area (Å²) >= 11 is 1.64. The molecule has 0 bridgehead atoms. The third kappa shape index (κ3) is 8.32. The van der Waals surface area contributed by atoms with Crippen molar-refractivity contribution in [3.05, 3.63) is 47.0 Å². The number of aromatic nitrogens is 1. The first-order chi connectivity index (χ1) is 13.0. The molecular weight excluding hydrogens is 483 g/mol. The molecule has 8 heteroatoms. The van der Waals surface area contributed by atoms with Crippen molar-refractivity contribution >= 4 is 46.4 Å². The molecule has 0 amide bonds. The van der Waals surface area contributed by atoms with Crippen LogP contribution in [0.4, 0.5) is 5.13 Å². The second-order valence-corrected chi connectivity index (χ2v) is 7.68. The number of thiazole rings is 1. The molecule has 0 radical (unpaired) electrons. The summed E-state index contributed by atoms with van der Waals surface area (Å²) < 4.78 is 0. The van der Waals surface area contributed by atoms with Crippen LogP contribution in [-0.2, 0) is 13.1 Å². The van der Waals surface area contributed by atoms with Crippen LogP contribution >= 0.6 is 35.3 Å². The highest BCUT2D eigenvalue weighted by molar-refractivity contribution is 14.0. The van der Waals surface area contributed by atoms with E-state index in [1.54, 1.807) is 11.3 Å². The van der Waals surface area contributed by atoms with Crippen molar-refractivity contribution in [1.29, 1.82) is 0 Å². The number of likely N-dealkylation sites (N-methyl/N-ethyl adjacent to an activating group) is 1. The molecule has 0 spiro atoms. The van der Waals surface area contributed by atoms with Gasteiger partial charge in [0.2, 0.25) is 0 Å². The molecule has 0 saturated carbocycles. The van der Waals surface area contributed by atoms with Crippen molar-refractivity contribution in [2.45, 2.75) is 33.0 Å². The van der Waals surface area contributed by atoms with E-state index in [9.17, 15) is 0 Å². The molecule has 1 aromatic carbocycles. The summed E-state index contributed by atoms with van der Waals surface area (Å²) in [6, 6.07) is 10.9. The summed E-state index contributed by atoms with van der Waals surface area (Å²) in [7, 11) is 6.16. The van der Waals surface area contributed by atoms with Crippen molar-refractivity contribution in [3.8, 4) is 0 Å². The number of rotatable bonds is 9. The Hall–Kier alpha value is -1.39. The molecule has 1 atom stereocenters. The van der Waals surface area contributed by atoms with Crippen molar-refractivity contribution < 1.29 is 0 Å². The van der Waals surface area contributed by atoms with Crippen molar-refractivity contribution in [2.24, 2.45) is 4.99 Å². The van der Waals surface area contributed by atoms with E-state index in [2.05, 4.69) is 82.1 Å². The summed E-state index contributed by atoms with van der Waals surface area (Å²) in [4.78, 5) is 13.6. The lowest BCUT2D eigenvalue weighted by Gasteiger charge is -2.25. The first-order valence-corrected chi connectivity index (χ1v) is 10.3. The van der Waals surface area contributed by atoms with Crippen LogP contribution in [0.5, 0.6) is 0 Å². The standard InChI is InChI=1S/C20H32N6S.HI/c1-6-21-19(23-13-18-15-27-20(24-18)25(3)4)22-12-16(2)26(5)14-17-10-8-7-9-11-17;/h7-11,15-16H,6,12-14H2,1-5H3,(H2,21,22,23);1H. The first-order valence-electron chi connectivity index (χ1n) is 9.37. The van der Waals surface area contributed by atoms with Gasteiger partial charge in [-0.2, -0.15) is 0 Å². The predicted octanol–water partition coefficient (Wildman–Crippen LogP) is 3.40. The van der Waals surface area contributed by atoms with Crippen LogP contribution < -0.4 is 15.5 Å². The SMILES string of the molecule is CCNC(=NCc1csc(N(C)C)n1)NCC(C)N(C)Cc1ccccc1.I. The molecule has 1 heterocycles. The van der Waals surface area contributed by atoms with E-state index in [1.807, 2.05) is 19.0 Å². The van der Waals surface area contributed by atoms with Gasteiger partial charge in [-0.05, 0) is 26.5 Å². The molecule has 2 rings (SSSR count). The highest BCUT2D eigenvalue weighted by atomic mass is 127. The van der Waals surface area contributed by atoms with Gasteiger partial charge in [-0.15, -0.1) is 35.3 Å².